The van der Waals surface area contributed by atoms with Gasteiger partial charge in [-0.05, 0) is 19.1 Å². The number of hydrogen-bond acceptors (Lipinski definition) is 5. The number of amides is 1. The Balaban J connectivity index is 1.60. The number of morpholine rings is 1. The highest BCUT2D eigenvalue weighted by Gasteiger charge is 2.18. The lowest BCUT2D eigenvalue weighted by Crippen LogP contribution is -2.40. The molecule has 0 unspecified atom stereocenters. The van der Waals surface area contributed by atoms with Crippen molar-refractivity contribution in [1.29, 1.82) is 0 Å². The van der Waals surface area contributed by atoms with Gasteiger partial charge in [0.2, 0.25) is 0 Å². The first kappa shape index (κ1) is 18.1. The van der Waals surface area contributed by atoms with Crippen molar-refractivity contribution in [3.63, 3.8) is 0 Å². The smallest absolute Gasteiger partial charge is 0.254 e. The molecule has 0 atom stereocenters. The Morgan fingerprint density at radius 3 is 2.32 bits per heavy atom. The average Bonchev–Trinajstić information content (AvgIpc) is 2.75. The van der Waals surface area contributed by atoms with E-state index in [1.54, 1.807) is 6.20 Å². The van der Waals surface area contributed by atoms with Gasteiger partial charge in [0.15, 0.2) is 0 Å². The lowest BCUT2D eigenvalue weighted by atomic mass is 10.1. The minimum atomic E-state index is 0.0265. The number of benzene rings is 2. The van der Waals surface area contributed by atoms with Crippen LogP contribution in [0.1, 0.15) is 15.9 Å². The quantitative estimate of drug-likeness (QED) is 0.761. The van der Waals surface area contributed by atoms with Crippen LogP contribution < -0.4 is 5.73 Å². The summed E-state index contributed by atoms with van der Waals surface area (Å²) in [5.41, 5.74) is 11.1. The number of anilines is 1. The maximum Gasteiger partial charge on any atom is 0.254 e. The fourth-order valence-corrected chi connectivity index (χ4v) is 3.19. The number of rotatable bonds is 3. The van der Waals surface area contributed by atoms with Gasteiger partial charge in [-0.25, -0.2) is 9.97 Å². The van der Waals surface area contributed by atoms with Crippen LogP contribution in [0.4, 0.5) is 5.82 Å². The van der Waals surface area contributed by atoms with Gasteiger partial charge in [-0.3, -0.25) is 4.79 Å². The molecule has 0 bridgehead atoms. The summed E-state index contributed by atoms with van der Waals surface area (Å²) in [6.07, 6.45) is 1.66. The predicted octanol–water partition coefficient (Wildman–Crippen LogP) is 3.17. The average molecular weight is 374 g/mol. The maximum atomic E-state index is 12.6. The van der Waals surface area contributed by atoms with Crippen LogP contribution in [0, 0.1) is 6.92 Å². The molecular formula is C22H22N4O2. The molecule has 1 aromatic heterocycles. The molecule has 0 aliphatic carbocycles. The zero-order valence-corrected chi connectivity index (χ0v) is 15.8. The monoisotopic (exact) mass is 374 g/mol. The molecule has 1 saturated heterocycles. The summed E-state index contributed by atoms with van der Waals surface area (Å²) in [6, 6.07) is 15.5. The second-order valence-corrected chi connectivity index (χ2v) is 6.84. The summed E-state index contributed by atoms with van der Waals surface area (Å²) in [6.45, 7) is 4.47. The summed E-state index contributed by atoms with van der Waals surface area (Å²) in [7, 11) is 0. The van der Waals surface area contributed by atoms with Gasteiger partial charge < -0.3 is 15.4 Å². The molecule has 6 nitrogen and oxygen atoms in total. The molecule has 1 amide bonds. The highest BCUT2D eigenvalue weighted by molar-refractivity contribution is 5.94. The molecular weight excluding hydrogens is 352 g/mol. The Bertz CT molecular complexity index is 978. The van der Waals surface area contributed by atoms with Gasteiger partial charge in [-0.15, -0.1) is 0 Å². The normalized spacial score (nSPS) is 14.1. The first-order chi connectivity index (χ1) is 13.6. The fourth-order valence-electron chi connectivity index (χ4n) is 3.19. The van der Waals surface area contributed by atoms with E-state index in [1.165, 1.54) is 5.56 Å². The predicted molar refractivity (Wildman–Crippen MR) is 109 cm³/mol. The summed E-state index contributed by atoms with van der Waals surface area (Å²) in [4.78, 5) is 23.4. The molecule has 2 N–H and O–H groups in total. The number of hydrogen-bond donors (Lipinski definition) is 1. The number of nitrogens with zero attached hydrogens (tertiary/aromatic N) is 3. The molecule has 1 aliphatic rings. The van der Waals surface area contributed by atoms with Crippen LogP contribution in [-0.4, -0.2) is 47.1 Å². The number of nitrogen functional groups attached to an aromatic ring is 1. The Morgan fingerprint density at radius 2 is 1.64 bits per heavy atom. The minimum Gasteiger partial charge on any atom is -0.382 e. The van der Waals surface area contributed by atoms with E-state index in [4.69, 9.17) is 15.5 Å². The molecule has 6 heteroatoms. The van der Waals surface area contributed by atoms with Gasteiger partial charge in [0, 0.05) is 29.8 Å². The summed E-state index contributed by atoms with van der Waals surface area (Å²) < 4.78 is 5.31. The van der Waals surface area contributed by atoms with Crippen LogP contribution >= 0.6 is 0 Å². The van der Waals surface area contributed by atoms with Crippen molar-refractivity contribution in [3.8, 4) is 22.5 Å². The fraction of sp³-hybridized carbons (Fsp3) is 0.227. The van der Waals surface area contributed by atoms with Gasteiger partial charge >= 0.3 is 0 Å². The number of carbonyl (C=O) groups is 1. The highest BCUT2D eigenvalue weighted by Crippen LogP contribution is 2.26. The third-order valence-electron chi connectivity index (χ3n) is 4.85. The molecule has 0 radical (unpaired) electrons. The summed E-state index contributed by atoms with van der Waals surface area (Å²) >= 11 is 0. The van der Waals surface area contributed by atoms with Crippen molar-refractivity contribution in [3.05, 3.63) is 65.9 Å². The number of carbonyl (C=O) groups excluding carboxylic acids is 1. The van der Waals surface area contributed by atoms with Crippen molar-refractivity contribution in [2.24, 2.45) is 0 Å². The molecule has 2 aromatic carbocycles. The molecule has 1 aliphatic heterocycles. The zero-order valence-electron chi connectivity index (χ0n) is 15.8. The Kier molecular flexibility index (Phi) is 5.04. The van der Waals surface area contributed by atoms with E-state index < -0.39 is 0 Å². The first-order valence-electron chi connectivity index (χ1n) is 9.29. The van der Waals surface area contributed by atoms with Gasteiger partial charge in [0.1, 0.15) is 11.5 Å². The van der Waals surface area contributed by atoms with Crippen LogP contribution in [-0.2, 0) is 4.74 Å². The topological polar surface area (TPSA) is 81.3 Å². The molecule has 4 rings (SSSR count). The van der Waals surface area contributed by atoms with E-state index in [-0.39, 0.29) is 5.91 Å². The molecule has 1 fully saturated rings. The molecule has 0 spiro atoms. The van der Waals surface area contributed by atoms with Crippen LogP contribution in [0.2, 0.25) is 0 Å². The molecule has 0 saturated carbocycles. The third kappa shape index (κ3) is 3.73. The number of aryl methyl sites for hydroxylation is 1. The lowest BCUT2D eigenvalue weighted by Gasteiger charge is -2.26. The SMILES string of the molecule is Cc1ccc(-c2nc(-c3ccc(C(=O)N4CCOCC4)cc3)cnc2N)cc1. The maximum absolute atomic E-state index is 12.6. The first-order valence-corrected chi connectivity index (χ1v) is 9.29. The van der Waals surface area contributed by atoms with Crippen molar-refractivity contribution in [1.82, 2.24) is 14.9 Å². The summed E-state index contributed by atoms with van der Waals surface area (Å²) in [5.74, 6) is 0.422. The van der Waals surface area contributed by atoms with E-state index in [1.807, 2.05) is 60.4 Å². The Morgan fingerprint density at radius 1 is 1.00 bits per heavy atom. The van der Waals surface area contributed by atoms with Crippen molar-refractivity contribution >= 4 is 11.7 Å². The number of ether oxygens (including phenoxy) is 1. The molecule has 142 valence electrons. The van der Waals surface area contributed by atoms with Crippen LogP contribution in [0.3, 0.4) is 0 Å². The molecule has 2 heterocycles. The zero-order chi connectivity index (χ0) is 19.5. The third-order valence-corrected chi connectivity index (χ3v) is 4.85. The molecule has 3 aromatic rings. The molecule has 28 heavy (non-hydrogen) atoms. The van der Waals surface area contributed by atoms with Gasteiger partial charge in [-0.1, -0.05) is 42.0 Å². The van der Waals surface area contributed by atoms with Crippen LogP contribution in [0.25, 0.3) is 22.5 Å². The van der Waals surface area contributed by atoms with E-state index in [0.717, 1.165) is 16.8 Å². The van der Waals surface area contributed by atoms with Gasteiger partial charge in [-0.2, -0.15) is 0 Å². The number of aromatic nitrogens is 2. The van der Waals surface area contributed by atoms with Crippen molar-refractivity contribution in [2.75, 3.05) is 32.0 Å². The Labute approximate surface area is 164 Å². The largest absolute Gasteiger partial charge is 0.382 e. The number of nitrogens with two attached hydrogens (primary N) is 1. The van der Waals surface area contributed by atoms with E-state index >= 15 is 0 Å². The van der Waals surface area contributed by atoms with Crippen molar-refractivity contribution < 1.29 is 9.53 Å². The van der Waals surface area contributed by atoms with Gasteiger partial charge in [0.25, 0.3) is 5.91 Å². The van der Waals surface area contributed by atoms with E-state index in [0.29, 0.717) is 43.4 Å². The lowest BCUT2D eigenvalue weighted by molar-refractivity contribution is 0.0303. The van der Waals surface area contributed by atoms with Crippen molar-refractivity contribution in [2.45, 2.75) is 6.92 Å². The Hall–Kier alpha value is -3.25. The standard InChI is InChI=1S/C22H22N4O2/c1-15-2-4-17(5-3-15)20-21(23)24-14-19(25-20)16-6-8-18(9-7-16)22(27)26-10-12-28-13-11-26/h2-9,14H,10-13H2,1H3,(H2,23,24). The highest BCUT2D eigenvalue weighted by atomic mass is 16.5. The van der Waals surface area contributed by atoms with Gasteiger partial charge in [0.05, 0.1) is 25.1 Å². The second-order valence-electron chi connectivity index (χ2n) is 6.84. The minimum absolute atomic E-state index is 0.0265. The van der Waals surface area contributed by atoms with Crippen LogP contribution in [0.5, 0.6) is 0 Å². The van der Waals surface area contributed by atoms with E-state index in [9.17, 15) is 4.79 Å². The van der Waals surface area contributed by atoms with Crippen LogP contribution in [0.15, 0.2) is 54.7 Å². The second kappa shape index (κ2) is 7.78. The van der Waals surface area contributed by atoms with E-state index in [2.05, 4.69) is 4.98 Å². The summed E-state index contributed by atoms with van der Waals surface area (Å²) in [5, 5.41) is 0.